The lowest BCUT2D eigenvalue weighted by Crippen LogP contribution is -2.65. The highest BCUT2D eigenvalue weighted by molar-refractivity contribution is 5.83. The van der Waals surface area contributed by atoms with Gasteiger partial charge in [-0.15, -0.1) is 0 Å². The fourth-order valence-corrected chi connectivity index (χ4v) is 1.19. The number of hydrogen-bond acceptors (Lipinski definition) is 4. The van der Waals surface area contributed by atoms with E-state index in [4.69, 9.17) is 11.1 Å². The molecule has 0 aliphatic rings. The molecule has 2 unspecified atom stereocenters. The summed E-state index contributed by atoms with van der Waals surface area (Å²) in [4.78, 5) is 12.0. The van der Waals surface area contributed by atoms with Crippen molar-refractivity contribution < 1.29 is 4.79 Å². The maximum Gasteiger partial charge on any atom is 0.229 e. The van der Waals surface area contributed by atoms with Gasteiger partial charge in [0.2, 0.25) is 5.91 Å². The average molecular weight is 228 g/mol. The van der Waals surface area contributed by atoms with E-state index in [1.165, 1.54) is 6.21 Å². The van der Waals surface area contributed by atoms with Gasteiger partial charge in [-0.05, 0) is 41.0 Å². The Bertz CT molecular complexity index is 261. The van der Waals surface area contributed by atoms with Gasteiger partial charge in [0.05, 0.1) is 11.1 Å². The monoisotopic (exact) mass is 228 g/mol. The number of nitrogens with one attached hydrogen (secondary N) is 3. The van der Waals surface area contributed by atoms with Crippen LogP contribution in [0.5, 0.6) is 0 Å². The second kappa shape index (κ2) is 5.41. The molecule has 0 fully saturated rings. The molecule has 2 atom stereocenters. The van der Waals surface area contributed by atoms with Crippen molar-refractivity contribution in [2.24, 2.45) is 11.1 Å². The van der Waals surface area contributed by atoms with Gasteiger partial charge in [-0.2, -0.15) is 0 Å². The molecule has 0 aromatic rings. The second-order valence-electron chi connectivity index (χ2n) is 4.89. The van der Waals surface area contributed by atoms with Crippen LogP contribution in [-0.2, 0) is 4.79 Å². The van der Waals surface area contributed by atoms with E-state index in [0.717, 1.165) is 0 Å². The topological polar surface area (TPSA) is 91.0 Å². The Morgan fingerprint density at radius 1 is 1.50 bits per heavy atom. The van der Waals surface area contributed by atoms with Crippen molar-refractivity contribution in [1.29, 1.82) is 5.41 Å². The molecule has 0 radical (unpaired) electrons. The van der Waals surface area contributed by atoms with Gasteiger partial charge >= 0.3 is 0 Å². The largest absolute Gasteiger partial charge is 0.353 e. The Balaban J connectivity index is 4.64. The smallest absolute Gasteiger partial charge is 0.229 e. The first kappa shape index (κ1) is 15.1. The van der Waals surface area contributed by atoms with Crippen LogP contribution in [-0.4, -0.2) is 30.9 Å². The van der Waals surface area contributed by atoms with Crippen molar-refractivity contribution in [3.05, 3.63) is 0 Å². The van der Waals surface area contributed by atoms with Crippen molar-refractivity contribution in [3.63, 3.8) is 0 Å². The van der Waals surface area contributed by atoms with Crippen LogP contribution in [0, 0.1) is 10.8 Å². The molecule has 5 nitrogen and oxygen atoms in total. The quantitative estimate of drug-likeness (QED) is 0.393. The second-order valence-corrected chi connectivity index (χ2v) is 4.89. The van der Waals surface area contributed by atoms with Crippen molar-refractivity contribution in [2.45, 2.75) is 45.8 Å². The average Bonchev–Trinajstić information content (AvgIpc) is 2.17. The first-order valence-corrected chi connectivity index (χ1v) is 5.46. The predicted octanol–water partition coefficient (Wildman–Crippen LogP) is 0.451. The summed E-state index contributed by atoms with van der Waals surface area (Å²) < 4.78 is 0. The van der Waals surface area contributed by atoms with Gasteiger partial charge in [-0.25, -0.2) is 0 Å². The minimum atomic E-state index is -0.776. The van der Waals surface area contributed by atoms with Crippen LogP contribution >= 0.6 is 0 Å². The standard InChI is InChI=1S/C11H24N4O/c1-8(6-7-12)15-9(16)10(2,3)11(4,13)14-5/h7-8,12,14H,6,13H2,1-5H3,(H,15,16). The summed E-state index contributed by atoms with van der Waals surface area (Å²) in [5.41, 5.74) is 4.53. The highest BCUT2D eigenvalue weighted by Crippen LogP contribution is 2.26. The van der Waals surface area contributed by atoms with E-state index in [2.05, 4.69) is 10.6 Å². The summed E-state index contributed by atoms with van der Waals surface area (Å²) in [6, 6.07) is -0.0445. The van der Waals surface area contributed by atoms with Crippen molar-refractivity contribution in [1.82, 2.24) is 10.6 Å². The molecule has 5 heteroatoms. The molecule has 0 saturated heterocycles. The fourth-order valence-electron chi connectivity index (χ4n) is 1.19. The molecule has 5 N–H and O–H groups in total. The maximum absolute atomic E-state index is 12.0. The fraction of sp³-hybridized carbons (Fsp3) is 0.818. The zero-order valence-corrected chi connectivity index (χ0v) is 10.8. The summed E-state index contributed by atoms with van der Waals surface area (Å²) in [6.07, 6.45) is 1.82. The van der Waals surface area contributed by atoms with Crippen LogP contribution in [0.1, 0.15) is 34.1 Å². The van der Waals surface area contributed by atoms with Crippen molar-refractivity contribution in [2.75, 3.05) is 7.05 Å². The van der Waals surface area contributed by atoms with E-state index >= 15 is 0 Å². The first-order chi connectivity index (χ1) is 7.19. The van der Waals surface area contributed by atoms with Crippen LogP contribution < -0.4 is 16.4 Å². The highest BCUT2D eigenvalue weighted by atomic mass is 16.2. The number of nitrogens with two attached hydrogens (primary N) is 1. The van der Waals surface area contributed by atoms with Crippen LogP contribution in [0.3, 0.4) is 0 Å². The Labute approximate surface area is 97.7 Å². The zero-order chi connectivity index (χ0) is 13.0. The third-order valence-electron chi connectivity index (χ3n) is 3.23. The Morgan fingerprint density at radius 2 is 2.00 bits per heavy atom. The van der Waals surface area contributed by atoms with E-state index in [-0.39, 0.29) is 11.9 Å². The molecule has 1 amide bonds. The van der Waals surface area contributed by atoms with E-state index < -0.39 is 11.1 Å². The minimum absolute atomic E-state index is 0.0445. The van der Waals surface area contributed by atoms with E-state index in [0.29, 0.717) is 6.42 Å². The van der Waals surface area contributed by atoms with Gasteiger partial charge in [-0.1, -0.05) is 0 Å². The summed E-state index contributed by atoms with van der Waals surface area (Å²) in [7, 11) is 1.73. The third kappa shape index (κ3) is 3.28. The summed E-state index contributed by atoms with van der Waals surface area (Å²) in [5.74, 6) is -0.110. The number of carbonyl (C=O) groups excluding carboxylic acids is 1. The molecule has 0 heterocycles. The Kier molecular flexibility index (Phi) is 5.09. The third-order valence-corrected chi connectivity index (χ3v) is 3.23. The molecule has 0 aromatic heterocycles. The van der Waals surface area contributed by atoms with Gasteiger partial charge in [0, 0.05) is 12.5 Å². The first-order valence-electron chi connectivity index (χ1n) is 5.46. The summed E-state index contributed by atoms with van der Waals surface area (Å²) in [5, 5.41) is 12.8. The Morgan fingerprint density at radius 3 is 2.38 bits per heavy atom. The van der Waals surface area contributed by atoms with Gasteiger partial charge in [0.15, 0.2) is 0 Å². The van der Waals surface area contributed by atoms with Gasteiger partial charge in [0.1, 0.15) is 0 Å². The minimum Gasteiger partial charge on any atom is -0.353 e. The van der Waals surface area contributed by atoms with Crippen LogP contribution in [0.4, 0.5) is 0 Å². The summed E-state index contributed by atoms with van der Waals surface area (Å²) in [6.45, 7) is 7.26. The molecule has 0 aromatic carbocycles. The Hall–Kier alpha value is -0.940. The highest BCUT2D eigenvalue weighted by Gasteiger charge is 2.43. The van der Waals surface area contributed by atoms with Crippen molar-refractivity contribution in [3.8, 4) is 0 Å². The van der Waals surface area contributed by atoms with Gasteiger partial charge < -0.3 is 21.8 Å². The lowest BCUT2D eigenvalue weighted by molar-refractivity contribution is -0.133. The van der Waals surface area contributed by atoms with E-state index in [1.54, 1.807) is 27.8 Å². The molecular weight excluding hydrogens is 204 g/mol. The molecular formula is C11H24N4O. The molecule has 0 aliphatic heterocycles. The van der Waals surface area contributed by atoms with E-state index in [9.17, 15) is 4.79 Å². The van der Waals surface area contributed by atoms with Crippen LogP contribution in [0.15, 0.2) is 0 Å². The summed E-state index contributed by atoms with van der Waals surface area (Å²) >= 11 is 0. The van der Waals surface area contributed by atoms with Crippen molar-refractivity contribution >= 4 is 12.1 Å². The lowest BCUT2D eigenvalue weighted by Gasteiger charge is -2.40. The molecule has 0 bridgehead atoms. The van der Waals surface area contributed by atoms with E-state index in [1.807, 2.05) is 6.92 Å². The van der Waals surface area contributed by atoms with Crippen LogP contribution in [0.2, 0.25) is 0 Å². The number of carbonyl (C=O) groups is 1. The molecule has 0 spiro atoms. The lowest BCUT2D eigenvalue weighted by atomic mass is 9.79. The molecule has 16 heavy (non-hydrogen) atoms. The zero-order valence-electron chi connectivity index (χ0n) is 10.8. The molecule has 0 aliphatic carbocycles. The number of amides is 1. The molecule has 0 saturated carbocycles. The van der Waals surface area contributed by atoms with Crippen LogP contribution in [0.25, 0.3) is 0 Å². The maximum atomic E-state index is 12.0. The number of rotatable bonds is 6. The normalized spacial score (nSPS) is 17.4. The SMILES string of the molecule is CNC(C)(N)C(C)(C)C(=O)NC(C)CC=N. The predicted molar refractivity (Wildman–Crippen MR) is 66.4 cm³/mol. The molecule has 94 valence electrons. The number of hydrogen-bond donors (Lipinski definition) is 4. The molecule has 0 rings (SSSR count). The van der Waals surface area contributed by atoms with Gasteiger partial charge in [-0.3, -0.25) is 4.79 Å². The van der Waals surface area contributed by atoms with Gasteiger partial charge in [0.25, 0.3) is 0 Å².